The van der Waals surface area contributed by atoms with Crippen LogP contribution in [-0.2, 0) is 4.74 Å². The van der Waals surface area contributed by atoms with Crippen molar-refractivity contribution in [1.82, 2.24) is 29.9 Å². The van der Waals surface area contributed by atoms with Crippen LogP contribution in [0.4, 0.5) is 0 Å². The maximum absolute atomic E-state index is 5.65. The molecule has 2 aromatic heterocycles. The first-order chi connectivity index (χ1) is 13.4. The van der Waals surface area contributed by atoms with E-state index in [-0.39, 0.29) is 26.4 Å². The van der Waals surface area contributed by atoms with E-state index < -0.39 is 0 Å². The van der Waals surface area contributed by atoms with Gasteiger partial charge in [-0.1, -0.05) is 30.3 Å². The molecule has 0 bridgehead atoms. The molecule has 0 radical (unpaired) electrons. The summed E-state index contributed by atoms with van der Waals surface area (Å²) in [4.78, 5) is 22.0. The van der Waals surface area contributed by atoms with Gasteiger partial charge in [0.05, 0.1) is 0 Å². The highest BCUT2D eigenvalue weighted by atomic mass is 35.5. The van der Waals surface area contributed by atoms with Gasteiger partial charge in [0.25, 0.3) is 0 Å². The lowest BCUT2D eigenvalue weighted by molar-refractivity contribution is 0.198. The number of hydrogen-bond donors (Lipinski definition) is 0. The standard InChI is InChI=1S/C9H5Cl2N3.C4H8O.C3Cl3N3/c10-8-12-7(13-9(11)14-8)6-4-2-1-3-5-6;1-2-4-5-3-1;4-1-7-2(5)9-3(6)8-1/h1-5H;1-4H2;. The van der Waals surface area contributed by atoms with Crippen LogP contribution in [0.15, 0.2) is 30.3 Å². The minimum atomic E-state index is 0.000000000000000444. The number of rotatable bonds is 1. The van der Waals surface area contributed by atoms with Gasteiger partial charge in [0.15, 0.2) is 5.82 Å². The molecule has 0 atom stereocenters. The van der Waals surface area contributed by atoms with Gasteiger partial charge in [-0.05, 0) is 70.8 Å². The third kappa shape index (κ3) is 8.77. The highest BCUT2D eigenvalue weighted by Crippen LogP contribution is 2.17. The molecule has 4 rings (SSSR count). The first-order valence-corrected chi connectivity index (χ1v) is 9.76. The second-order valence-electron chi connectivity index (χ2n) is 5.03. The Morgan fingerprint density at radius 2 is 0.964 bits per heavy atom. The zero-order chi connectivity index (χ0) is 20.4. The van der Waals surface area contributed by atoms with Gasteiger partial charge < -0.3 is 4.74 Å². The van der Waals surface area contributed by atoms with Crippen LogP contribution in [0.5, 0.6) is 0 Å². The Balaban J connectivity index is 0.000000170. The number of benzene rings is 1. The number of hydrogen-bond acceptors (Lipinski definition) is 7. The molecule has 0 saturated carbocycles. The lowest BCUT2D eigenvalue weighted by Gasteiger charge is -1.99. The van der Waals surface area contributed by atoms with E-state index in [0.717, 1.165) is 18.8 Å². The summed E-state index contributed by atoms with van der Waals surface area (Å²) in [7, 11) is 0. The van der Waals surface area contributed by atoms with Crippen molar-refractivity contribution in [3.8, 4) is 11.4 Å². The maximum atomic E-state index is 5.65. The van der Waals surface area contributed by atoms with Gasteiger partial charge in [0.2, 0.25) is 26.4 Å². The molecule has 1 saturated heterocycles. The molecule has 0 spiro atoms. The number of halogens is 5. The molecule has 7 nitrogen and oxygen atoms in total. The fourth-order valence-corrected chi connectivity index (χ4v) is 2.83. The van der Waals surface area contributed by atoms with E-state index in [1.54, 1.807) is 0 Å². The first kappa shape index (κ1) is 22.9. The fourth-order valence-electron chi connectivity index (χ4n) is 1.86. The van der Waals surface area contributed by atoms with Gasteiger partial charge in [0, 0.05) is 18.8 Å². The largest absolute Gasteiger partial charge is 0.381 e. The Kier molecular flexibility index (Phi) is 10.0. The third-order valence-electron chi connectivity index (χ3n) is 2.99. The second kappa shape index (κ2) is 12.3. The van der Waals surface area contributed by atoms with Crippen LogP contribution in [0.2, 0.25) is 26.4 Å². The molecule has 3 heterocycles. The number of ether oxygens (including phenoxy) is 1. The van der Waals surface area contributed by atoms with Crippen LogP contribution in [-0.4, -0.2) is 43.1 Å². The van der Waals surface area contributed by atoms with Crippen molar-refractivity contribution in [2.45, 2.75) is 12.8 Å². The minimum absolute atomic E-state index is 0.000000000000000444. The molecule has 1 aliphatic rings. The van der Waals surface area contributed by atoms with Crippen LogP contribution >= 0.6 is 58.0 Å². The lowest BCUT2D eigenvalue weighted by atomic mass is 10.2. The van der Waals surface area contributed by atoms with Crippen LogP contribution in [0.1, 0.15) is 12.8 Å². The summed E-state index contributed by atoms with van der Waals surface area (Å²) in [5.41, 5.74) is 0.860. The van der Waals surface area contributed by atoms with Crippen molar-refractivity contribution >= 4 is 58.0 Å². The smallest absolute Gasteiger partial charge is 0.227 e. The van der Waals surface area contributed by atoms with E-state index >= 15 is 0 Å². The molecule has 1 fully saturated rings. The Morgan fingerprint density at radius 1 is 0.571 bits per heavy atom. The van der Waals surface area contributed by atoms with E-state index in [2.05, 4.69) is 29.9 Å². The molecule has 0 N–H and O–H groups in total. The summed E-state index contributed by atoms with van der Waals surface area (Å²) in [5.74, 6) is 0.482. The predicted molar refractivity (Wildman–Crippen MR) is 110 cm³/mol. The fraction of sp³-hybridized carbons (Fsp3) is 0.250. The van der Waals surface area contributed by atoms with Gasteiger partial charge in [-0.2, -0.15) is 29.9 Å². The van der Waals surface area contributed by atoms with Gasteiger partial charge >= 0.3 is 0 Å². The van der Waals surface area contributed by atoms with Crippen molar-refractivity contribution in [3.05, 3.63) is 56.7 Å². The zero-order valence-corrected chi connectivity index (χ0v) is 18.0. The van der Waals surface area contributed by atoms with Crippen molar-refractivity contribution in [3.63, 3.8) is 0 Å². The van der Waals surface area contributed by atoms with Crippen LogP contribution in [0.25, 0.3) is 11.4 Å². The second-order valence-corrected chi connectivity index (χ2v) is 6.72. The highest BCUT2D eigenvalue weighted by Gasteiger charge is 2.04. The molecule has 1 aromatic carbocycles. The topological polar surface area (TPSA) is 86.6 Å². The van der Waals surface area contributed by atoms with E-state index in [9.17, 15) is 0 Å². The van der Waals surface area contributed by atoms with Gasteiger partial charge in [-0.15, -0.1) is 0 Å². The lowest BCUT2D eigenvalue weighted by Crippen LogP contribution is -1.93. The van der Waals surface area contributed by atoms with Gasteiger partial charge in [-0.3, -0.25) is 0 Å². The van der Waals surface area contributed by atoms with Crippen LogP contribution < -0.4 is 0 Å². The van der Waals surface area contributed by atoms with Gasteiger partial charge in [0.1, 0.15) is 0 Å². The van der Waals surface area contributed by atoms with Crippen LogP contribution in [0, 0.1) is 0 Å². The number of aromatic nitrogens is 6. The van der Waals surface area contributed by atoms with Crippen molar-refractivity contribution < 1.29 is 4.74 Å². The Labute approximate surface area is 186 Å². The van der Waals surface area contributed by atoms with Gasteiger partial charge in [-0.25, -0.2) is 0 Å². The summed E-state index contributed by atoms with van der Waals surface area (Å²) in [5, 5.41) is 0.202. The molecule has 3 aromatic rings. The molecular formula is C16H13Cl5N6O. The molecule has 12 heteroatoms. The Hall–Kier alpha value is -1.35. The zero-order valence-electron chi connectivity index (χ0n) is 14.2. The Morgan fingerprint density at radius 3 is 1.32 bits per heavy atom. The van der Waals surface area contributed by atoms with E-state index in [0.29, 0.717) is 5.82 Å². The monoisotopic (exact) mass is 480 g/mol. The quantitative estimate of drug-likeness (QED) is 0.454. The van der Waals surface area contributed by atoms with Crippen LogP contribution in [0.3, 0.4) is 0 Å². The van der Waals surface area contributed by atoms with Crippen molar-refractivity contribution in [1.29, 1.82) is 0 Å². The average molecular weight is 483 g/mol. The summed E-state index contributed by atoms with van der Waals surface area (Å²) >= 11 is 27.3. The predicted octanol–water partition coefficient (Wildman–Crippen LogP) is 5.47. The van der Waals surface area contributed by atoms with E-state index in [4.69, 9.17) is 62.7 Å². The minimum Gasteiger partial charge on any atom is -0.381 e. The molecule has 28 heavy (non-hydrogen) atoms. The molecule has 0 unspecified atom stereocenters. The molecular weight excluding hydrogens is 469 g/mol. The normalized spacial score (nSPS) is 12.5. The molecule has 1 aliphatic heterocycles. The number of nitrogens with zero attached hydrogens (tertiary/aromatic N) is 6. The summed E-state index contributed by atoms with van der Waals surface area (Å²) in [6.07, 6.45) is 2.56. The molecule has 148 valence electrons. The Bertz CT molecular complexity index is 804. The third-order valence-corrected chi connectivity index (χ3v) is 3.84. The first-order valence-electron chi connectivity index (χ1n) is 7.87. The average Bonchev–Trinajstić information content (AvgIpc) is 3.21. The summed E-state index contributed by atoms with van der Waals surface area (Å²) in [6.45, 7) is 2.00. The van der Waals surface area contributed by atoms with Crippen molar-refractivity contribution in [2.75, 3.05) is 13.2 Å². The molecule has 0 aliphatic carbocycles. The SMILES string of the molecule is C1CCOC1.Clc1nc(Cl)nc(-c2ccccc2)n1.Clc1nc(Cl)nc(Cl)n1. The van der Waals surface area contributed by atoms with Crippen molar-refractivity contribution in [2.24, 2.45) is 0 Å². The maximum Gasteiger partial charge on any atom is 0.227 e. The van der Waals surface area contributed by atoms with E-state index in [1.807, 2.05) is 30.3 Å². The summed E-state index contributed by atoms with van der Waals surface area (Å²) < 4.78 is 4.94. The highest BCUT2D eigenvalue weighted by molar-refractivity contribution is 6.33. The summed E-state index contributed by atoms with van der Waals surface area (Å²) in [6, 6.07) is 9.44. The molecule has 0 amide bonds. The van der Waals surface area contributed by atoms with E-state index in [1.165, 1.54) is 12.8 Å².